The molecule has 1 aromatic carbocycles. The van der Waals surface area contributed by atoms with E-state index in [0.29, 0.717) is 5.75 Å². The molecule has 4 nitrogen and oxygen atoms in total. The maximum atomic E-state index is 9.25. The van der Waals surface area contributed by atoms with Crippen LogP contribution in [0.25, 0.3) is 0 Å². The maximum Gasteiger partial charge on any atom is 0.115 e. The molecule has 1 aromatic heterocycles. The molecule has 0 bridgehead atoms. The van der Waals surface area contributed by atoms with Gasteiger partial charge in [-0.25, -0.2) is 0 Å². The Kier molecular flexibility index (Phi) is 2.99. The van der Waals surface area contributed by atoms with Crippen molar-refractivity contribution in [3.63, 3.8) is 0 Å². The molecule has 0 spiro atoms. The molecule has 78 valence electrons. The van der Waals surface area contributed by atoms with Gasteiger partial charge in [0.15, 0.2) is 0 Å². The van der Waals surface area contributed by atoms with E-state index in [4.69, 9.17) is 0 Å². The van der Waals surface area contributed by atoms with E-state index in [0.717, 1.165) is 24.3 Å². The Bertz CT molecular complexity index is 412. The molecule has 3 N–H and O–H groups in total. The molecule has 0 radical (unpaired) electrons. The molecule has 0 aliphatic heterocycles. The molecule has 2 rings (SSSR count). The van der Waals surface area contributed by atoms with Crippen molar-refractivity contribution in [2.45, 2.75) is 13.1 Å². The van der Waals surface area contributed by atoms with Gasteiger partial charge in [-0.1, -0.05) is 12.1 Å². The fourth-order valence-electron chi connectivity index (χ4n) is 1.39. The molecule has 0 aliphatic rings. The third-order valence-electron chi connectivity index (χ3n) is 2.11. The van der Waals surface area contributed by atoms with Crippen molar-refractivity contribution in [1.29, 1.82) is 0 Å². The fourth-order valence-corrected chi connectivity index (χ4v) is 1.39. The van der Waals surface area contributed by atoms with E-state index in [1.54, 1.807) is 18.3 Å². The molecular weight excluding hydrogens is 190 g/mol. The van der Waals surface area contributed by atoms with Gasteiger partial charge in [0, 0.05) is 25.0 Å². The average Bonchev–Trinajstić information content (AvgIpc) is 2.71. The van der Waals surface area contributed by atoms with Gasteiger partial charge < -0.3 is 10.4 Å². The summed E-state index contributed by atoms with van der Waals surface area (Å²) in [4.78, 5) is 0. The fraction of sp³-hybridized carbons (Fsp3) is 0.182. The normalized spacial score (nSPS) is 10.4. The minimum atomic E-state index is 0.302. The largest absolute Gasteiger partial charge is 0.508 e. The van der Waals surface area contributed by atoms with Gasteiger partial charge in [-0.05, 0) is 23.8 Å². The Morgan fingerprint density at radius 3 is 2.93 bits per heavy atom. The summed E-state index contributed by atoms with van der Waals surface area (Å²) in [6.07, 6.45) is 1.73. The van der Waals surface area contributed by atoms with Gasteiger partial charge >= 0.3 is 0 Å². The lowest BCUT2D eigenvalue weighted by molar-refractivity contribution is 0.474. The third kappa shape index (κ3) is 2.82. The van der Waals surface area contributed by atoms with Crippen molar-refractivity contribution in [2.24, 2.45) is 0 Å². The Morgan fingerprint density at radius 1 is 1.27 bits per heavy atom. The summed E-state index contributed by atoms with van der Waals surface area (Å²) >= 11 is 0. The molecule has 1 heterocycles. The number of hydrogen-bond donors (Lipinski definition) is 3. The van der Waals surface area contributed by atoms with Crippen molar-refractivity contribution < 1.29 is 5.11 Å². The van der Waals surface area contributed by atoms with Crippen LogP contribution in [0.5, 0.6) is 5.75 Å². The van der Waals surface area contributed by atoms with Crippen LogP contribution in [-0.2, 0) is 13.1 Å². The van der Waals surface area contributed by atoms with E-state index in [1.807, 2.05) is 18.2 Å². The van der Waals surface area contributed by atoms with Gasteiger partial charge in [-0.15, -0.1) is 0 Å². The molecule has 0 saturated heterocycles. The second-order valence-corrected chi connectivity index (χ2v) is 3.36. The molecule has 0 fully saturated rings. The van der Waals surface area contributed by atoms with E-state index < -0.39 is 0 Å². The lowest BCUT2D eigenvalue weighted by Gasteiger charge is -2.03. The van der Waals surface area contributed by atoms with E-state index in [2.05, 4.69) is 15.5 Å². The smallest absolute Gasteiger partial charge is 0.115 e. The lowest BCUT2D eigenvalue weighted by atomic mass is 10.2. The minimum absolute atomic E-state index is 0.302. The first kappa shape index (κ1) is 9.73. The van der Waals surface area contributed by atoms with Gasteiger partial charge in [-0.2, -0.15) is 5.10 Å². The van der Waals surface area contributed by atoms with Crippen molar-refractivity contribution in [3.8, 4) is 5.75 Å². The number of nitrogens with zero attached hydrogens (tertiary/aromatic N) is 1. The lowest BCUT2D eigenvalue weighted by Crippen LogP contribution is -2.12. The van der Waals surface area contributed by atoms with Gasteiger partial charge in [0.1, 0.15) is 5.75 Å². The van der Waals surface area contributed by atoms with Crippen LogP contribution >= 0.6 is 0 Å². The Balaban J connectivity index is 1.83. The third-order valence-corrected chi connectivity index (χ3v) is 2.11. The first-order valence-corrected chi connectivity index (χ1v) is 4.81. The summed E-state index contributed by atoms with van der Waals surface area (Å²) in [7, 11) is 0. The number of aromatic amines is 1. The monoisotopic (exact) mass is 203 g/mol. The van der Waals surface area contributed by atoms with Crippen molar-refractivity contribution in [2.75, 3.05) is 0 Å². The summed E-state index contributed by atoms with van der Waals surface area (Å²) in [6, 6.07) is 9.15. The van der Waals surface area contributed by atoms with Gasteiger partial charge in [0.25, 0.3) is 0 Å². The number of hydrogen-bond acceptors (Lipinski definition) is 3. The van der Waals surface area contributed by atoms with Crippen molar-refractivity contribution in [1.82, 2.24) is 15.5 Å². The van der Waals surface area contributed by atoms with Crippen molar-refractivity contribution in [3.05, 3.63) is 47.8 Å². The van der Waals surface area contributed by atoms with E-state index >= 15 is 0 Å². The predicted octanol–water partition coefficient (Wildman–Crippen LogP) is 1.41. The number of nitrogens with one attached hydrogen (secondary N) is 2. The SMILES string of the molecule is Oc1cccc(CNCc2ccn[nH]2)c1. The number of phenols is 1. The topological polar surface area (TPSA) is 60.9 Å². The number of aromatic hydroxyl groups is 1. The van der Waals surface area contributed by atoms with Crippen LogP contribution in [0.1, 0.15) is 11.3 Å². The molecule has 4 heteroatoms. The number of phenolic OH excluding ortho intramolecular Hbond substituents is 1. The standard InChI is InChI=1S/C11H13N3O/c15-11-3-1-2-9(6-11)7-12-8-10-4-5-13-14-10/h1-6,12,15H,7-8H2,(H,13,14). The molecule has 0 atom stereocenters. The highest BCUT2D eigenvalue weighted by molar-refractivity contribution is 5.26. The highest BCUT2D eigenvalue weighted by atomic mass is 16.3. The van der Waals surface area contributed by atoms with Gasteiger partial charge in [0.2, 0.25) is 0 Å². The van der Waals surface area contributed by atoms with Crippen molar-refractivity contribution >= 4 is 0 Å². The molecule has 15 heavy (non-hydrogen) atoms. The Morgan fingerprint density at radius 2 is 2.20 bits per heavy atom. The van der Waals surface area contributed by atoms with Crippen LogP contribution in [0, 0.1) is 0 Å². The number of aromatic nitrogens is 2. The first-order chi connectivity index (χ1) is 7.34. The number of H-pyrrole nitrogens is 1. The van der Waals surface area contributed by atoms with Gasteiger partial charge in [-0.3, -0.25) is 5.10 Å². The zero-order chi connectivity index (χ0) is 10.5. The number of benzene rings is 1. The van der Waals surface area contributed by atoms with Crippen LogP contribution in [0.15, 0.2) is 36.5 Å². The molecular formula is C11H13N3O. The molecule has 0 amide bonds. The molecule has 0 aliphatic carbocycles. The van der Waals surface area contributed by atoms with Crippen LogP contribution < -0.4 is 5.32 Å². The first-order valence-electron chi connectivity index (χ1n) is 4.81. The Hall–Kier alpha value is -1.81. The highest BCUT2D eigenvalue weighted by Gasteiger charge is 1.95. The van der Waals surface area contributed by atoms with E-state index in [1.165, 1.54) is 0 Å². The average molecular weight is 203 g/mol. The molecule has 0 saturated carbocycles. The summed E-state index contributed by atoms with van der Waals surface area (Å²) in [5.74, 6) is 0.302. The summed E-state index contributed by atoms with van der Waals surface area (Å²) in [5.41, 5.74) is 2.12. The van der Waals surface area contributed by atoms with Crippen LogP contribution in [0.3, 0.4) is 0 Å². The molecule has 2 aromatic rings. The summed E-state index contributed by atoms with van der Waals surface area (Å²) in [5, 5.41) is 19.2. The summed E-state index contributed by atoms with van der Waals surface area (Å²) < 4.78 is 0. The Labute approximate surface area is 88.0 Å². The van der Waals surface area contributed by atoms with E-state index in [-0.39, 0.29) is 0 Å². The second kappa shape index (κ2) is 4.61. The highest BCUT2D eigenvalue weighted by Crippen LogP contribution is 2.10. The van der Waals surface area contributed by atoms with E-state index in [9.17, 15) is 5.11 Å². The number of rotatable bonds is 4. The van der Waals surface area contributed by atoms with Gasteiger partial charge in [0.05, 0.1) is 0 Å². The zero-order valence-corrected chi connectivity index (χ0v) is 8.27. The zero-order valence-electron chi connectivity index (χ0n) is 8.27. The maximum absolute atomic E-state index is 9.25. The minimum Gasteiger partial charge on any atom is -0.508 e. The molecule has 0 unspecified atom stereocenters. The second-order valence-electron chi connectivity index (χ2n) is 3.36. The predicted molar refractivity (Wildman–Crippen MR) is 57.2 cm³/mol. The van der Waals surface area contributed by atoms with Crippen LogP contribution in [0.4, 0.5) is 0 Å². The quantitative estimate of drug-likeness (QED) is 0.704. The van der Waals surface area contributed by atoms with Crippen LogP contribution in [-0.4, -0.2) is 15.3 Å². The van der Waals surface area contributed by atoms with Crippen LogP contribution in [0.2, 0.25) is 0 Å². The summed E-state index contributed by atoms with van der Waals surface area (Å²) in [6.45, 7) is 1.48.